The summed E-state index contributed by atoms with van der Waals surface area (Å²) in [7, 11) is 0. The number of nitrogens with one attached hydrogen (secondary N) is 2. The molecule has 134 valence electrons. The second kappa shape index (κ2) is 9.49. The van der Waals surface area contributed by atoms with Gasteiger partial charge in [0.1, 0.15) is 0 Å². The van der Waals surface area contributed by atoms with Gasteiger partial charge in [-0.15, -0.1) is 0 Å². The Morgan fingerprint density at radius 2 is 1.80 bits per heavy atom. The first-order valence-electron chi connectivity index (χ1n) is 8.26. The van der Waals surface area contributed by atoms with E-state index in [0.29, 0.717) is 23.3 Å². The van der Waals surface area contributed by atoms with E-state index in [1.165, 1.54) is 0 Å². The number of halogens is 1. The molecule has 0 heterocycles. The first kappa shape index (κ1) is 19.3. The second-order valence-corrected chi connectivity index (χ2v) is 6.25. The van der Waals surface area contributed by atoms with Crippen LogP contribution in [0, 0.1) is 0 Å². The Hall–Kier alpha value is -1.98. The molecule has 0 aliphatic rings. The van der Waals surface area contributed by atoms with E-state index in [4.69, 9.17) is 33.3 Å². The Balaban J connectivity index is 2.05. The number of thiocarbonyl (C=S) groups is 1. The van der Waals surface area contributed by atoms with E-state index < -0.39 is 0 Å². The SMILES string of the molecule is CCOc1ccc(C(C)NC(=S)Nc2cccc(Cl)c2)cc1OCC. The summed E-state index contributed by atoms with van der Waals surface area (Å²) in [5.74, 6) is 1.49. The molecule has 2 rings (SSSR count). The van der Waals surface area contributed by atoms with Crippen molar-refractivity contribution in [3.63, 3.8) is 0 Å². The van der Waals surface area contributed by atoms with Crippen LogP contribution in [0.5, 0.6) is 11.5 Å². The molecule has 1 unspecified atom stereocenters. The fraction of sp³-hybridized carbons (Fsp3) is 0.316. The lowest BCUT2D eigenvalue weighted by atomic mass is 10.1. The highest BCUT2D eigenvalue weighted by atomic mass is 35.5. The summed E-state index contributed by atoms with van der Waals surface area (Å²) in [6.45, 7) is 7.13. The summed E-state index contributed by atoms with van der Waals surface area (Å²) in [5.41, 5.74) is 1.90. The minimum Gasteiger partial charge on any atom is -0.490 e. The first-order valence-corrected chi connectivity index (χ1v) is 9.04. The van der Waals surface area contributed by atoms with E-state index >= 15 is 0 Å². The predicted octanol–water partition coefficient (Wildman–Crippen LogP) is 5.19. The van der Waals surface area contributed by atoms with Gasteiger partial charge in [-0.3, -0.25) is 0 Å². The normalized spacial score (nSPS) is 11.5. The quantitative estimate of drug-likeness (QED) is 0.649. The molecule has 2 aromatic rings. The number of hydrogen-bond acceptors (Lipinski definition) is 3. The third kappa shape index (κ3) is 5.80. The molecule has 1 atom stereocenters. The van der Waals surface area contributed by atoms with Gasteiger partial charge in [0.25, 0.3) is 0 Å². The Bertz CT molecular complexity index is 724. The van der Waals surface area contributed by atoms with Crippen molar-refractivity contribution in [2.24, 2.45) is 0 Å². The van der Waals surface area contributed by atoms with Gasteiger partial charge >= 0.3 is 0 Å². The highest BCUT2D eigenvalue weighted by molar-refractivity contribution is 7.80. The van der Waals surface area contributed by atoms with Crippen molar-refractivity contribution in [2.75, 3.05) is 18.5 Å². The standard InChI is InChI=1S/C19H23ClN2O2S/c1-4-23-17-10-9-14(11-18(17)24-5-2)13(3)21-19(25)22-16-8-6-7-15(20)12-16/h6-13H,4-5H2,1-3H3,(H2,21,22,25). The van der Waals surface area contributed by atoms with Crippen LogP contribution in [0.3, 0.4) is 0 Å². The van der Waals surface area contributed by atoms with Gasteiger partial charge in [-0.05, 0) is 68.9 Å². The number of anilines is 1. The van der Waals surface area contributed by atoms with E-state index in [-0.39, 0.29) is 6.04 Å². The molecule has 0 bridgehead atoms. The average Bonchev–Trinajstić information content (AvgIpc) is 2.56. The van der Waals surface area contributed by atoms with Crippen molar-refractivity contribution in [2.45, 2.75) is 26.8 Å². The van der Waals surface area contributed by atoms with Gasteiger partial charge in [0.15, 0.2) is 16.6 Å². The molecule has 0 saturated heterocycles. The minimum absolute atomic E-state index is 0.00840. The molecule has 0 amide bonds. The molecule has 2 aromatic carbocycles. The predicted molar refractivity (Wildman–Crippen MR) is 108 cm³/mol. The number of hydrogen-bond donors (Lipinski definition) is 2. The van der Waals surface area contributed by atoms with Crippen molar-refractivity contribution in [3.05, 3.63) is 53.1 Å². The summed E-state index contributed by atoms with van der Waals surface area (Å²) in [6.07, 6.45) is 0. The van der Waals surface area contributed by atoms with Gasteiger partial charge in [-0.1, -0.05) is 23.7 Å². The van der Waals surface area contributed by atoms with E-state index in [1.807, 2.05) is 63.2 Å². The van der Waals surface area contributed by atoms with Crippen LogP contribution in [0.2, 0.25) is 5.02 Å². The Labute approximate surface area is 159 Å². The summed E-state index contributed by atoms with van der Waals surface area (Å²) < 4.78 is 11.3. The molecule has 0 aliphatic carbocycles. The van der Waals surface area contributed by atoms with E-state index in [0.717, 1.165) is 22.7 Å². The maximum absolute atomic E-state index is 5.99. The van der Waals surface area contributed by atoms with Crippen molar-refractivity contribution in [1.29, 1.82) is 0 Å². The van der Waals surface area contributed by atoms with Crippen LogP contribution in [-0.4, -0.2) is 18.3 Å². The zero-order chi connectivity index (χ0) is 18.2. The average molecular weight is 379 g/mol. The molecule has 6 heteroatoms. The lowest BCUT2D eigenvalue weighted by Gasteiger charge is -2.19. The molecule has 25 heavy (non-hydrogen) atoms. The van der Waals surface area contributed by atoms with Crippen molar-refractivity contribution < 1.29 is 9.47 Å². The Morgan fingerprint density at radius 1 is 1.08 bits per heavy atom. The van der Waals surface area contributed by atoms with Gasteiger partial charge in [-0.2, -0.15) is 0 Å². The van der Waals surface area contributed by atoms with Gasteiger partial charge in [-0.25, -0.2) is 0 Å². The summed E-state index contributed by atoms with van der Waals surface area (Å²) in [6, 6.07) is 13.3. The van der Waals surface area contributed by atoms with Gasteiger partial charge in [0.2, 0.25) is 0 Å². The second-order valence-electron chi connectivity index (χ2n) is 5.40. The van der Waals surface area contributed by atoms with Crippen LogP contribution >= 0.6 is 23.8 Å². The number of benzene rings is 2. The van der Waals surface area contributed by atoms with Gasteiger partial charge in [0, 0.05) is 10.7 Å². The van der Waals surface area contributed by atoms with Crippen LogP contribution < -0.4 is 20.1 Å². The van der Waals surface area contributed by atoms with E-state index in [2.05, 4.69) is 10.6 Å². The first-order chi connectivity index (χ1) is 12.0. The maximum Gasteiger partial charge on any atom is 0.171 e. The molecule has 0 radical (unpaired) electrons. The molecule has 0 saturated carbocycles. The third-order valence-electron chi connectivity index (χ3n) is 3.50. The smallest absolute Gasteiger partial charge is 0.171 e. The molecule has 0 aromatic heterocycles. The molecule has 2 N–H and O–H groups in total. The zero-order valence-corrected chi connectivity index (χ0v) is 16.2. The van der Waals surface area contributed by atoms with Crippen molar-refractivity contribution in [1.82, 2.24) is 5.32 Å². The van der Waals surface area contributed by atoms with E-state index in [9.17, 15) is 0 Å². The molecule has 0 fully saturated rings. The minimum atomic E-state index is 0.00840. The summed E-state index contributed by atoms with van der Waals surface area (Å²) in [4.78, 5) is 0. The molecule has 4 nitrogen and oxygen atoms in total. The third-order valence-corrected chi connectivity index (χ3v) is 3.95. The Kier molecular flexibility index (Phi) is 7.34. The fourth-order valence-electron chi connectivity index (χ4n) is 2.35. The number of ether oxygens (including phenoxy) is 2. The molecular formula is C19H23ClN2O2S. The van der Waals surface area contributed by atoms with Gasteiger partial charge < -0.3 is 20.1 Å². The molecule has 0 aliphatic heterocycles. The lowest BCUT2D eigenvalue weighted by molar-refractivity contribution is 0.287. The van der Waals surface area contributed by atoms with Crippen molar-refractivity contribution >= 4 is 34.6 Å². The lowest BCUT2D eigenvalue weighted by Crippen LogP contribution is -2.30. The summed E-state index contributed by atoms with van der Waals surface area (Å²) in [5, 5.41) is 7.59. The summed E-state index contributed by atoms with van der Waals surface area (Å²) >= 11 is 11.4. The topological polar surface area (TPSA) is 42.5 Å². The van der Waals surface area contributed by atoms with Gasteiger partial charge in [0.05, 0.1) is 19.3 Å². The van der Waals surface area contributed by atoms with Crippen LogP contribution in [0.4, 0.5) is 5.69 Å². The maximum atomic E-state index is 5.99. The monoisotopic (exact) mass is 378 g/mol. The zero-order valence-electron chi connectivity index (χ0n) is 14.6. The fourth-order valence-corrected chi connectivity index (χ4v) is 2.84. The highest BCUT2D eigenvalue weighted by Crippen LogP contribution is 2.30. The van der Waals surface area contributed by atoms with Crippen LogP contribution in [-0.2, 0) is 0 Å². The van der Waals surface area contributed by atoms with Crippen LogP contribution in [0.25, 0.3) is 0 Å². The Morgan fingerprint density at radius 3 is 2.48 bits per heavy atom. The molecular weight excluding hydrogens is 356 g/mol. The molecule has 0 spiro atoms. The van der Waals surface area contributed by atoms with Crippen LogP contribution in [0.1, 0.15) is 32.4 Å². The van der Waals surface area contributed by atoms with Crippen molar-refractivity contribution in [3.8, 4) is 11.5 Å². The van der Waals surface area contributed by atoms with Crippen LogP contribution in [0.15, 0.2) is 42.5 Å². The number of rotatable bonds is 7. The highest BCUT2D eigenvalue weighted by Gasteiger charge is 2.12. The van der Waals surface area contributed by atoms with E-state index in [1.54, 1.807) is 0 Å². The largest absolute Gasteiger partial charge is 0.490 e.